The first-order valence-corrected chi connectivity index (χ1v) is 8.62. The summed E-state index contributed by atoms with van der Waals surface area (Å²) in [5, 5.41) is 4.00. The van der Waals surface area contributed by atoms with Gasteiger partial charge in [-0.15, -0.1) is 0 Å². The van der Waals surface area contributed by atoms with Gasteiger partial charge in [0, 0.05) is 12.1 Å². The van der Waals surface area contributed by atoms with E-state index in [4.69, 9.17) is 0 Å². The minimum atomic E-state index is 0.816. The fourth-order valence-corrected chi connectivity index (χ4v) is 5.69. The third kappa shape index (κ3) is 1.65. The largest absolute Gasteiger partial charge is 0.311 e. The van der Waals surface area contributed by atoms with Gasteiger partial charge in [0.15, 0.2) is 0 Å². The van der Waals surface area contributed by atoms with Crippen molar-refractivity contribution in [3.8, 4) is 0 Å². The van der Waals surface area contributed by atoms with Crippen LogP contribution in [0.25, 0.3) is 0 Å². The zero-order chi connectivity index (χ0) is 13.3. The Morgan fingerprint density at radius 3 is 2.20 bits per heavy atom. The maximum Gasteiger partial charge on any atom is 0.0138 e. The van der Waals surface area contributed by atoms with Gasteiger partial charge >= 0.3 is 0 Å². The molecule has 106 valence electrons. The lowest BCUT2D eigenvalue weighted by Crippen LogP contribution is -2.42. The highest BCUT2D eigenvalue weighted by atomic mass is 15.1. The van der Waals surface area contributed by atoms with Crippen LogP contribution >= 0.6 is 0 Å². The molecule has 0 heterocycles. The quantitative estimate of drug-likeness (QED) is 0.876. The number of hydrogen-bond donors (Lipinski definition) is 1. The highest BCUT2D eigenvalue weighted by Gasteiger charge is 2.65. The van der Waals surface area contributed by atoms with Crippen LogP contribution in [0.4, 0.5) is 0 Å². The Hall–Kier alpha value is -0.820. The molecule has 0 radical (unpaired) electrons. The lowest BCUT2D eigenvalue weighted by atomic mass is 9.75. The van der Waals surface area contributed by atoms with Crippen LogP contribution in [0.3, 0.4) is 0 Å². The van der Waals surface area contributed by atoms with E-state index in [0.29, 0.717) is 0 Å². The first-order chi connectivity index (χ1) is 9.79. The molecule has 4 aliphatic carbocycles. The molecule has 4 aliphatic rings. The van der Waals surface area contributed by atoms with Gasteiger partial charge in [0.05, 0.1) is 0 Å². The molecule has 4 atom stereocenters. The third-order valence-electron chi connectivity index (χ3n) is 6.85. The van der Waals surface area contributed by atoms with Gasteiger partial charge in [-0.1, -0.05) is 29.8 Å². The normalized spacial score (nSPS) is 48.0. The van der Waals surface area contributed by atoms with Gasteiger partial charge in [0.1, 0.15) is 0 Å². The van der Waals surface area contributed by atoms with Crippen molar-refractivity contribution in [1.82, 2.24) is 5.32 Å². The van der Waals surface area contributed by atoms with E-state index in [1.54, 1.807) is 24.8 Å². The highest BCUT2D eigenvalue weighted by Crippen LogP contribution is 2.66. The molecule has 20 heavy (non-hydrogen) atoms. The van der Waals surface area contributed by atoms with Crippen molar-refractivity contribution in [3.63, 3.8) is 0 Å². The summed E-state index contributed by atoms with van der Waals surface area (Å²) >= 11 is 0. The Morgan fingerprint density at radius 1 is 0.900 bits per heavy atom. The van der Waals surface area contributed by atoms with E-state index in [1.807, 2.05) is 0 Å². The van der Waals surface area contributed by atoms with Crippen molar-refractivity contribution in [1.29, 1.82) is 0 Å². The number of benzene rings is 1. The van der Waals surface area contributed by atoms with Crippen LogP contribution in [-0.4, -0.2) is 12.1 Å². The molecule has 1 aromatic rings. The average Bonchev–Trinajstić information content (AvgIpc) is 2.79. The number of nitrogens with one attached hydrogen (secondary N) is 1. The predicted octanol–water partition coefficient (Wildman–Crippen LogP) is 3.88. The van der Waals surface area contributed by atoms with E-state index in [-0.39, 0.29) is 0 Å². The van der Waals surface area contributed by atoms with Gasteiger partial charge in [-0.05, 0) is 74.2 Å². The number of aryl methyl sites for hydroxylation is 1. The zero-order valence-corrected chi connectivity index (χ0v) is 12.4. The molecule has 0 saturated heterocycles. The summed E-state index contributed by atoms with van der Waals surface area (Å²) in [6.07, 6.45) is 7.40. The second-order valence-corrected chi connectivity index (χ2v) is 7.96. The summed E-state index contributed by atoms with van der Waals surface area (Å²) in [6.45, 7) is 2.18. The van der Waals surface area contributed by atoms with Crippen molar-refractivity contribution in [2.45, 2.75) is 57.0 Å². The Morgan fingerprint density at radius 2 is 1.55 bits per heavy atom. The lowest BCUT2D eigenvalue weighted by molar-refractivity contribution is 0.272. The highest BCUT2D eigenvalue weighted by molar-refractivity contribution is 5.27. The number of rotatable bonds is 3. The molecule has 2 bridgehead atoms. The second-order valence-electron chi connectivity index (χ2n) is 7.96. The summed E-state index contributed by atoms with van der Waals surface area (Å²) in [5.74, 6) is 5.22. The van der Waals surface area contributed by atoms with Crippen molar-refractivity contribution < 1.29 is 0 Å². The molecule has 1 heteroatoms. The minimum absolute atomic E-state index is 0.816. The molecule has 1 aromatic carbocycles. The predicted molar refractivity (Wildman–Crippen MR) is 81.7 cm³/mol. The molecule has 0 aromatic heterocycles. The molecular formula is C19H25N. The Kier molecular flexibility index (Phi) is 2.42. The SMILES string of the molecule is Cc1ccc(C2CC(NC3C4C5CCC(C5)C34)C2)cc1. The topological polar surface area (TPSA) is 12.0 Å². The molecule has 0 spiro atoms. The van der Waals surface area contributed by atoms with Gasteiger partial charge in [-0.3, -0.25) is 0 Å². The third-order valence-corrected chi connectivity index (χ3v) is 6.85. The number of fused-ring (bicyclic) bond motifs is 5. The smallest absolute Gasteiger partial charge is 0.0138 e. The van der Waals surface area contributed by atoms with Gasteiger partial charge in [-0.2, -0.15) is 0 Å². The molecule has 4 saturated carbocycles. The second kappa shape index (κ2) is 4.10. The lowest BCUT2D eigenvalue weighted by Gasteiger charge is -2.37. The van der Waals surface area contributed by atoms with Crippen LogP contribution < -0.4 is 5.32 Å². The minimum Gasteiger partial charge on any atom is -0.311 e. The molecule has 1 N–H and O–H groups in total. The maximum atomic E-state index is 4.00. The van der Waals surface area contributed by atoms with Crippen molar-refractivity contribution >= 4 is 0 Å². The Balaban J connectivity index is 1.16. The van der Waals surface area contributed by atoms with Crippen molar-refractivity contribution in [2.24, 2.45) is 23.7 Å². The average molecular weight is 267 g/mol. The van der Waals surface area contributed by atoms with Crippen LogP contribution in [0.15, 0.2) is 24.3 Å². The molecule has 4 unspecified atom stereocenters. The molecule has 1 nitrogen and oxygen atoms in total. The fraction of sp³-hybridized carbons (Fsp3) is 0.684. The molecule has 4 fully saturated rings. The van der Waals surface area contributed by atoms with Crippen LogP contribution in [0.5, 0.6) is 0 Å². The first-order valence-electron chi connectivity index (χ1n) is 8.62. The summed E-state index contributed by atoms with van der Waals surface area (Å²) in [5.41, 5.74) is 2.94. The van der Waals surface area contributed by atoms with Crippen LogP contribution in [0, 0.1) is 30.6 Å². The maximum absolute atomic E-state index is 4.00. The summed E-state index contributed by atoms with van der Waals surface area (Å²) in [4.78, 5) is 0. The molecule has 0 amide bonds. The Labute approximate surface area is 122 Å². The summed E-state index contributed by atoms with van der Waals surface area (Å²) < 4.78 is 0. The Bertz CT molecular complexity index is 497. The van der Waals surface area contributed by atoms with Crippen LogP contribution in [-0.2, 0) is 0 Å². The van der Waals surface area contributed by atoms with Crippen LogP contribution in [0.2, 0.25) is 0 Å². The summed E-state index contributed by atoms with van der Waals surface area (Å²) in [7, 11) is 0. The van der Waals surface area contributed by atoms with Gasteiger partial charge < -0.3 is 5.32 Å². The van der Waals surface area contributed by atoms with Crippen molar-refractivity contribution in [2.75, 3.05) is 0 Å². The van der Waals surface area contributed by atoms with E-state index in [1.165, 1.54) is 18.4 Å². The van der Waals surface area contributed by atoms with Crippen molar-refractivity contribution in [3.05, 3.63) is 35.4 Å². The van der Waals surface area contributed by atoms with E-state index in [0.717, 1.165) is 41.7 Å². The van der Waals surface area contributed by atoms with E-state index in [2.05, 4.69) is 36.5 Å². The molecule has 0 aliphatic heterocycles. The zero-order valence-electron chi connectivity index (χ0n) is 12.4. The summed E-state index contributed by atoms with van der Waals surface area (Å²) in [6, 6.07) is 10.9. The standard InChI is InChI=1S/C19H25N/c1-11-2-4-12(5-3-11)15-9-16(10-15)20-19-17-13-6-7-14(8-13)18(17)19/h2-5,13-20H,6-10H2,1H3. The van der Waals surface area contributed by atoms with Gasteiger partial charge in [0.25, 0.3) is 0 Å². The molecular weight excluding hydrogens is 242 g/mol. The first kappa shape index (κ1) is 11.8. The van der Waals surface area contributed by atoms with E-state index < -0.39 is 0 Å². The van der Waals surface area contributed by atoms with Gasteiger partial charge in [0.2, 0.25) is 0 Å². The molecule has 5 rings (SSSR count). The van der Waals surface area contributed by atoms with Gasteiger partial charge in [-0.25, -0.2) is 0 Å². The van der Waals surface area contributed by atoms with Crippen LogP contribution in [0.1, 0.15) is 49.1 Å². The van der Waals surface area contributed by atoms with E-state index in [9.17, 15) is 0 Å². The van der Waals surface area contributed by atoms with E-state index >= 15 is 0 Å². The number of hydrogen-bond acceptors (Lipinski definition) is 1. The monoisotopic (exact) mass is 267 g/mol. The fourth-order valence-electron chi connectivity index (χ4n) is 5.69.